The third kappa shape index (κ3) is 5.05. The molecule has 1 atom stereocenters. The van der Waals surface area contributed by atoms with E-state index in [2.05, 4.69) is 19.2 Å². The minimum Gasteiger partial charge on any atom is -0.345 e. The largest absolute Gasteiger partial charge is 0.345 e. The fourth-order valence-corrected chi connectivity index (χ4v) is 5.31. The summed E-state index contributed by atoms with van der Waals surface area (Å²) in [4.78, 5) is 13.0. The number of halogens is 1. The molecule has 5 nitrogen and oxygen atoms in total. The molecule has 1 aliphatic heterocycles. The molecule has 0 radical (unpaired) electrons. The summed E-state index contributed by atoms with van der Waals surface area (Å²) < 4.78 is 27.6. The average molecular weight is 449 g/mol. The molecule has 0 aliphatic carbocycles. The molecule has 3 rings (SSSR count). The van der Waals surface area contributed by atoms with Gasteiger partial charge in [-0.3, -0.25) is 4.79 Å². The van der Waals surface area contributed by atoms with Crippen molar-refractivity contribution < 1.29 is 13.2 Å². The van der Waals surface area contributed by atoms with E-state index < -0.39 is 15.9 Å². The van der Waals surface area contributed by atoms with Crippen LogP contribution in [0.2, 0.25) is 5.02 Å². The Morgan fingerprint density at radius 1 is 1.17 bits per heavy atom. The summed E-state index contributed by atoms with van der Waals surface area (Å²) in [6.45, 7) is 7.11. The van der Waals surface area contributed by atoms with Crippen molar-refractivity contribution in [3.8, 4) is 0 Å². The smallest absolute Gasteiger partial charge is 0.253 e. The van der Waals surface area contributed by atoms with Crippen molar-refractivity contribution >= 4 is 27.5 Å². The van der Waals surface area contributed by atoms with Crippen molar-refractivity contribution in [2.45, 2.75) is 51.0 Å². The highest BCUT2D eigenvalue weighted by Gasteiger charge is 2.29. The number of hydrogen-bond acceptors (Lipinski definition) is 3. The normalized spacial score (nSPS) is 16.9. The standard InChI is InChI=1S/C23H29ClN2O3S/c1-4-18-5-7-19(8-6-18)17(3)25-23(27)21-15-20(9-10-22(21)24)30(28,29)26-13-11-16(2)12-14-26/h5-10,15-17H,4,11-14H2,1-3H3,(H,25,27)/t17-/m0/s1. The number of hydrogen-bond donors (Lipinski definition) is 1. The van der Waals surface area contributed by atoms with Gasteiger partial charge in [0.1, 0.15) is 0 Å². The fraction of sp³-hybridized carbons (Fsp3) is 0.435. The SMILES string of the molecule is CCc1ccc([C@H](C)NC(=O)c2cc(S(=O)(=O)N3CCC(C)CC3)ccc2Cl)cc1. The predicted molar refractivity (Wildman–Crippen MR) is 120 cm³/mol. The zero-order valence-corrected chi connectivity index (χ0v) is 19.3. The van der Waals surface area contributed by atoms with Crippen LogP contribution in [0.3, 0.4) is 0 Å². The molecule has 1 N–H and O–H groups in total. The van der Waals surface area contributed by atoms with Crippen molar-refractivity contribution in [1.29, 1.82) is 0 Å². The molecule has 1 amide bonds. The highest BCUT2D eigenvalue weighted by atomic mass is 35.5. The van der Waals surface area contributed by atoms with Gasteiger partial charge in [-0.2, -0.15) is 4.31 Å². The molecule has 0 spiro atoms. The number of piperidine rings is 1. The summed E-state index contributed by atoms with van der Waals surface area (Å²) in [5.74, 6) is 0.132. The van der Waals surface area contributed by atoms with Crippen LogP contribution in [-0.2, 0) is 16.4 Å². The fourth-order valence-electron chi connectivity index (χ4n) is 3.61. The zero-order chi connectivity index (χ0) is 21.9. The summed E-state index contributed by atoms with van der Waals surface area (Å²) in [5.41, 5.74) is 2.37. The maximum absolute atomic E-state index is 13.0. The van der Waals surface area contributed by atoms with Gasteiger partial charge in [-0.15, -0.1) is 0 Å². The van der Waals surface area contributed by atoms with E-state index in [1.54, 1.807) is 0 Å². The molecule has 1 aliphatic rings. The number of nitrogens with one attached hydrogen (secondary N) is 1. The lowest BCUT2D eigenvalue weighted by Crippen LogP contribution is -2.38. The van der Waals surface area contributed by atoms with E-state index in [0.29, 0.717) is 19.0 Å². The number of aryl methyl sites for hydroxylation is 1. The van der Waals surface area contributed by atoms with Crippen LogP contribution in [-0.4, -0.2) is 31.7 Å². The minimum absolute atomic E-state index is 0.103. The van der Waals surface area contributed by atoms with Crippen LogP contribution < -0.4 is 5.32 Å². The molecule has 162 valence electrons. The van der Waals surface area contributed by atoms with E-state index in [4.69, 9.17) is 11.6 Å². The number of rotatable bonds is 6. The van der Waals surface area contributed by atoms with E-state index >= 15 is 0 Å². The molecular weight excluding hydrogens is 420 g/mol. The number of carbonyl (C=O) groups is 1. The predicted octanol–water partition coefficient (Wildman–Crippen LogP) is 4.81. The third-order valence-corrected chi connectivity index (χ3v) is 8.02. The Morgan fingerprint density at radius 3 is 2.40 bits per heavy atom. The summed E-state index contributed by atoms with van der Waals surface area (Å²) in [6, 6.07) is 12.2. The molecule has 1 fully saturated rings. The highest BCUT2D eigenvalue weighted by Crippen LogP contribution is 2.27. The average Bonchev–Trinajstić information content (AvgIpc) is 2.74. The van der Waals surface area contributed by atoms with Crippen LogP contribution in [0.25, 0.3) is 0 Å². The Morgan fingerprint density at radius 2 is 1.80 bits per heavy atom. The van der Waals surface area contributed by atoms with E-state index in [1.807, 2.05) is 31.2 Å². The second-order valence-electron chi connectivity index (χ2n) is 8.02. The Bertz CT molecular complexity index is 998. The topological polar surface area (TPSA) is 66.5 Å². The Kier molecular flexibility index (Phi) is 7.22. The summed E-state index contributed by atoms with van der Waals surface area (Å²) in [6.07, 6.45) is 2.64. The van der Waals surface area contributed by atoms with Crippen LogP contribution in [0.4, 0.5) is 0 Å². The van der Waals surface area contributed by atoms with Crippen LogP contribution in [0.1, 0.15) is 61.1 Å². The van der Waals surface area contributed by atoms with E-state index in [-0.39, 0.29) is 21.5 Å². The first-order valence-electron chi connectivity index (χ1n) is 10.4. The van der Waals surface area contributed by atoms with Gasteiger partial charge in [0.15, 0.2) is 0 Å². The van der Waals surface area contributed by atoms with E-state index in [9.17, 15) is 13.2 Å². The summed E-state index contributed by atoms with van der Waals surface area (Å²) >= 11 is 6.25. The molecule has 2 aromatic rings. The summed E-state index contributed by atoms with van der Waals surface area (Å²) in [7, 11) is -3.65. The second kappa shape index (κ2) is 9.50. The first kappa shape index (κ1) is 22.8. The lowest BCUT2D eigenvalue weighted by atomic mass is 10.0. The molecule has 7 heteroatoms. The molecule has 0 bridgehead atoms. The zero-order valence-electron chi connectivity index (χ0n) is 17.7. The molecule has 1 heterocycles. The molecule has 1 saturated heterocycles. The number of benzene rings is 2. The summed E-state index contributed by atoms with van der Waals surface area (Å²) in [5, 5.41) is 3.15. The monoisotopic (exact) mass is 448 g/mol. The third-order valence-electron chi connectivity index (χ3n) is 5.80. The number of carbonyl (C=O) groups excluding carboxylic acids is 1. The van der Waals surface area contributed by atoms with Gasteiger partial charge in [0.2, 0.25) is 10.0 Å². The van der Waals surface area contributed by atoms with Crippen LogP contribution in [0.5, 0.6) is 0 Å². The molecule has 0 aromatic heterocycles. The van der Waals surface area contributed by atoms with Crippen molar-refractivity contribution in [1.82, 2.24) is 9.62 Å². The van der Waals surface area contributed by atoms with Crippen LogP contribution >= 0.6 is 11.6 Å². The molecular formula is C23H29ClN2O3S. The molecule has 0 unspecified atom stereocenters. The first-order chi connectivity index (χ1) is 14.2. The molecule has 0 saturated carbocycles. The van der Waals surface area contributed by atoms with Gasteiger partial charge in [-0.05, 0) is 61.4 Å². The Hall–Kier alpha value is -1.89. The van der Waals surface area contributed by atoms with Gasteiger partial charge in [0, 0.05) is 13.1 Å². The van der Waals surface area contributed by atoms with E-state index in [1.165, 1.54) is 28.1 Å². The number of amides is 1. The van der Waals surface area contributed by atoms with E-state index in [0.717, 1.165) is 24.8 Å². The van der Waals surface area contributed by atoms with Crippen LogP contribution in [0, 0.1) is 5.92 Å². The van der Waals surface area contributed by atoms with Crippen molar-refractivity contribution in [2.24, 2.45) is 5.92 Å². The molecule has 30 heavy (non-hydrogen) atoms. The second-order valence-corrected chi connectivity index (χ2v) is 10.4. The van der Waals surface area contributed by atoms with Gasteiger partial charge in [-0.1, -0.05) is 49.7 Å². The van der Waals surface area contributed by atoms with Gasteiger partial charge < -0.3 is 5.32 Å². The number of nitrogens with zero attached hydrogens (tertiary/aromatic N) is 1. The Labute approximate surface area is 184 Å². The van der Waals surface area contributed by atoms with Gasteiger partial charge in [-0.25, -0.2) is 8.42 Å². The van der Waals surface area contributed by atoms with Crippen molar-refractivity contribution in [3.63, 3.8) is 0 Å². The quantitative estimate of drug-likeness (QED) is 0.689. The number of sulfonamides is 1. The highest BCUT2D eigenvalue weighted by molar-refractivity contribution is 7.89. The Balaban J connectivity index is 1.79. The molecule has 2 aromatic carbocycles. The maximum Gasteiger partial charge on any atom is 0.253 e. The van der Waals surface area contributed by atoms with Crippen molar-refractivity contribution in [3.05, 3.63) is 64.2 Å². The maximum atomic E-state index is 13.0. The van der Waals surface area contributed by atoms with Gasteiger partial charge in [0.25, 0.3) is 5.91 Å². The lowest BCUT2D eigenvalue weighted by molar-refractivity contribution is 0.0940. The van der Waals surface area contributed by atoms with Crippen molar-refractivity contribution in [2.75, 3.05) is 13.1 Å². The van der Waals surface area contributed by atoms with Gasteiger partial charge in [0.05, 0.1) is 21.5 Å². The van der Waals surface area contributed by atoms with Gasteiger partial charge >= 0.3 is 0 Å². The minimum atomic E-state index is -3.65. The van der Waals surface area contributed by atoms with Crippen LogP contribution in [0.15, 0.2) is 47.4 Å². The lowest BCUT2D eigenvalue weighted by Gasteiger charge is -2.29. The first-order valence-corrected chi connectivity index (χ1v) is 12.2.